The average Bonchev–Trinajstić information content (AvgIpc) is 3.09. The predicted octanol–water partition coefficient (Wildman–Crippen LogP) is 3.96. The second kappa shape index (κ2) is 9.11. The van der Waals surface area contributed by atoms with E-state index in [0.29, 0.717) is 6.54 Å². The molecule has 1 aliphatic rings. The van der Waals surface area contributed by atoms with E-state index in [1.807, 2.05) is 35.2 Å². The summed E-state index contributed by atoms with van der Waals surface area (Å²) in [6.07, 6.45) is 2.08. The molecule has 0 bridgehead atoms. The highest BCUT2D eigenvalue weighted by Gasteiger charge is 2.28. The van der Waals surface area contributed by atoms with E-state index in [2.05, 4.69) is 24.3 Å². The molecule has 0 radical (unpaired) electrons. The van der Waals surface area contributed by atoms with Crippen LogP contribution in [0.15, 0.2) is 59.5 Å². The minimum Gasteiger partial charge on any atom is -0.334 e. The van der Waals surface area contributed by atoms with Crippen LogP contribution in [0, 0.1) is 0 Å². The minimum atomic E-state index is 0. The van der Waals surface area contributed by atoms with Crippen LogP contribution < -0.4 is 5.73 Å². The summed E-state index contributed by atoms with van der Waals surface area (Å²) in [4.78, 5) is 15.7. The molecule has 0 saturated carbocycles. The highest BCUT2D eigenvalue weighted by Crippen LogP contribution is 2.24. The summed E-state index contributed by atoms with van der Waals surface area (Å²) in [7, 11) is 0. The predicted molar refractivity (Wildman–Crippen MR) is 103 cm³/mol. The number of rotatable bonds is 5. The summed E-state index contributed by atoms with van der Waals surface area (Å²) in [5.41, 5.74) is 7.83. The van der Waals surface area contributed by atoms with Crippen molar-refractivity contribution in [2.75, 3.05) is 13.1 Å². The zero-order valence-electron chi connectivity index (χ0n) is 13.6. The van der Waals surface area contributed by atoms with Crippen LogP contribution in [0.2, 0.25) is 0 Å². The Bertz CT molecular complexity index is 648. The van der Waals surface area contributed by atoms with E-state index in [4.69, 9.17) is 5.73 Å². The lowest BCUT2D eigenvalue weighted by Gasteiger charge is -2.23. The molecular formula is C19H23ClN2OS. The first kappa shape index (κ1) is 18.8. The molecule has 2 N–H and O–H groups in total. The maximum Gasteiger partial charge on any atom is 0.254 e. The molecule has 1 atom stereocenters. The van der Waals surface area contributed by atoms with Gasteiger partial charge in [-0.1, -0.05) is 30.3 Å². The third kappa shape index (κ3) is 4.53. The number of nitrogens with zero attached hydrogens (tertiary/aromatic N) is 1. The Kier molecular flexibility index (Phi) is 7.16. The Morgan fingerprint density at radius 1 is 1.12 bits per heavy atom. The topological polar surface area (TPSA) is 46.3 Å². The Hall–Kier alpha value is -1.49. The van der Waals surface area contributed by atoms with Gasteiger partial charge in [0.15, 0.2) is 0 Å². The fourth-order valence-corrected chi connectivity index (χ4v) is 3.80. The van der Waals surface area contributed by atoms with Gasteiger partial charge in [0.1, 0.15) is 0 Å². The Labute approximate surface area is 154 Å². The summed E-state index contributed by atoms with van der Waals surface area (Å²) < 4.78 is 0. The number of hydrogen-bond donors (Lipinski definition) is 1. The van der Waals surface area contributed by atoms with Gasteiger partial charge < -0.3 is 10.6 Å². The molecule has 2 aromatic carbocycles. The lowest BCUT2D eigenvalue weighted by molar-refractivity contribution is 0.0741. The van der Waals surface area contributed by atoms with Crippen molar-refractivity contribution >= 4 is 30.1 Å². The molecule has 0 spiro atoms. The van der Waals surface area contributed by atoms with Gasteiger partial charge in [0.2, 0.25) is 0 Å². The lowest BCUT2D eigenvalue weighted by atomic mass is 10.1. The molecule has 0 aliphatic carbocycles. The van der Waals surface area contributed by atoms with Crippen molar-refractivity contribution in [1.29, 1.82) is 0 Å². The smallest absolute Gasteiger partial charge is 0.254 e. The van der Waals surface area contributed by atoms with E-state index in [1.54, 1.807) is 11.8 Å². The highest BCUT2D eigenvalue weighted by molar-refractivity contribution is 7.98. The molecule has 1 aliphatic heterocycles. The second-order valence-electron chi connectivity index (χ2n) is 5.83. The van der Waals surface area contributed by atoms with E-state index >= 15 is 0 Å². The van der Waals surface area contributed by atoms with Crippen molar-refractivity contribution in [1.82, 2.24) is 4.90 Å². The van der Waals surface area contributed by atoms with Crippen molar-refractivity contribution in [2.24, 2.45) is 5.73 Å². The van der Waals surface area contributed by atoms with E-state index in [-0.39, 0.29) is 24.4 Å². The van der Waals surface area contributed by atoms with Crippen molar-refractivity contribution in [2.45, 2.75) is 29.5 Å². The van der Waals surface area contributed by atoms with E-state index < -0.39 is 0 Å². The monoisotopic (exact) mass is 362 g/mol. The quantitative estimate of drug-likeness (QED) is 0.819. The van der Waals surface area contributed by atoms with Gasteiger partial charge in [-0.05, 0) is 42.7 Å². The maximum absolute atomic E-state index is 12.6. The molecule has 24 heavy (non-hydrogen) atoms. The van der Waals surface area contributed by atoms with Crippen molar-refractivity contribution in [3.05, 3.63) is 65.7 Å². The van der Waals surface area contributed by atoms with Gasteiger partial charge in [0.05, 0.1) is 0 Å². The lowest BCUT2D eigenvalue weighted by Crippen LogP contribution is -2.39. The summed E-state index contributed by atoms with van der Waals surface area (Å²) in [6, 6.07) is 18.5. The van der Waals surface area contributed by atoms with Crippen LogP contribution in [0.1, 0.15) is 28.8 Å². The van der Waals surface area contributed by atoms with Gasteiger partial charge in [-0.3, -0.25) is 4.79 Å². The van der Waals surface area contributed by atoms with Crippen LogP contribution in [0.5, 0.6) is 0 Å². The number of halogens is 1. The number of benzene rings is 2. The molecular weight excluding hydrogens is 340 g/mol. The van der Waals surface area contributed by atoms with Crippen molar-refractivity contribution < 1.29 is 4.79 Å². The fraction of sp³-hybridized carbons (Fsp3) is 0.316. The number of nitrogens with two attached hydrogens (primary N) is 1. The molecule has 1 heterocycles. The van der Waals surface area contributed by atoms with E-state index in [9.17, 15) is 4.79 Å². The zero-order valence-corrected chi connectivity index (χ0v) is 15.2. The molecule has 1 unspecified atom stereocenters. The van der Waals surface area contributed by atoms with Gasteiger partial charge in [-0.15, -0.1) is 24.2 Å². The summed E-state index contributed by atoms with van der Waals surface area (Å²) in [5, 5.41) is 0. The normalized spacial score (nSPS) is 16.7. The molecule has 1 saturated heterocycles. The molecule has 1 fully saturated rings. The summed E-state index contributed by atoms with van der Waals surface area (Å²) in [5.74, 6) is 1.05. The van der Waals surface area contributed by atoms with Gasteiger partial charge in [0, 0.05) is 35.3 Å². The number of likely N-dealkylation sites (tertiary alicyclic amines) is 1. The maximum atomic E-state index is 12.6. The van der Waals surface area contributed by atoms with Crippen LogP contribution in [0.25, 0.3) is 0 Å². The first-order valence-corrected chi connectivity index (χ1v) is 9.04. The van der Waals surface area contributed by atoms with Crippen molar-refractivity contribution in [3.63, 3.8) is 0 Å². The first-order chi connectivity index (χ1) is 11.3. The number of amides is 1. The van der Waals surface area contributed by atoms with E-state index in [1.165, 1.54) is 10.5 Å². The molecule has 3 rings (SSSR count). The molecule has 5 heteroatoms. The van der Waals surface area contributed by atoms with Gasteiger partial charge in [-0.25, -0.2) is 0 Å². The third-order valence-corrected chi connectivity index (χ3v) is 5.34. The number of thioether (sulfide) groups is 1. The van der Waals surface area contributed by atoms with Gasteiger partial charge in [0.25, 0.3) is 5.91 Å². The minimum absolute atomic E-state index is 0. The van der Waals surface area contributed by atoms with Crippen LogP contribution in [0.3, 0.4) is 0 Å². The summed E-state index contributed by atoms with van der Waals surface area (Å²) >= 11 is 1.79. The van der Waals surface area contributed by atoms with Crippen molar-refractivity contribution in [3.8, 4) is 0 Å². The number of carbonyl (C=O) groups is 1. The van der Waals surface area contributed by atoms with Gasteiger partial charge in [-0.2, -0.15) is 0 Å². The fourth-order valence-electron chi connectivity index (χ4n) is 2.95. The van der Waals surface area contributed by atoms with Crippen LogP contribution in [-0.2, 0) is 5.75 Å². The average molecular weight is 363 g/mol. The second-order valence-corrected chi connectivity index (χ2v) is 6.88. The van der Waals surface area contributed by atoms with Crippen LogP contribution in [0.4, 0.5) is 0 Å². The highest BCUT2D eigenvalue weighted by atomic mass is 35.5. The third-order valence-electron chi connectivity index (χ3n) is 4.26. The molecule has 3 nitrogen and oxygen atoms in total. The molecule has 0 aromatic heterocycles. The van der Waals surface area contributed by atoms with Crippen LogP contribution in [-0.4, -0.2) is 29.9 Å². The zero-order chi connectivity index (χ0) is 16.1. The SMILES string of the molecule is Cl.NCC1CCCN1C(=O)c1ccc(SCc2ccccc2)cc1. The Morgan fingerprint density at radius 2 is 1.83 bits per heavy atom. The molecule has 128 valence electrons. The summed E-state index contributed by atoms with van der Waals surface area (Å²) in [6.45, 7) is 1.38. The number of carbonyl (C=O) groups excluding carboxylic acids is 1. The number of hydrogen-bond acceptors (Lipinski definition) is 3. The Morgan fingerprint density at radius 3 is 2.50 bits per heavy atom. The van der Waals surface area contributed by atoms with E-state index in [0.717, 1.165) is 30.7 Å². The molecule has 2 aromatic rings. The van der Waals surface area contributed by atoms with Crippen LogP contribution >= 0.6 is 24.2 Å². The largest absolute Gasteiger partial charge is 0.334 e. The standard InChI is InChI=1S/C19H22N2OS.ClH/c20-13-17-7-4-12-21(17)19(22)16-8-10-18(11-9-16)23-14-15-5-2-1-3-6-15;/h1-3,5-6,8-11,17H,4,7,12-14,20H2;1H. The van der Waals surface area contributed by atoms with Gasteiger partial charge >= 0.3 is 0 Å². The first-order valence-electron chi connectivity index (χ1n) is 8.06. The Balaban J connectivity index is 0.00000208. The molecule has 1 amide bonds.